The van der Waals surface area contributed by atoms with Crippen molar-refractivity contribution in [2.45, 2.75) is 26.7 Å². The standard InChI is InChI=1S/C24H30N4O4/c1-17-6-3-4-9-22(17)26-24(32)25-20-7-5-8-21(14-20)28(18(2)29)15-19-10-12-27(13-11-19)16-23(30)31/h3-9,14,19H,10-13,15-16H2,1-2H3,(H,30,31)(H2,25,26,32). The zero-order valence-corrected chi connectivity index (χ0v) is 18.5. The zero-order chi connectivity index (χ0) is 23.1. The lowest BCUT2D eigenvalue weighted by molar-refractivity contribution is -0.138. The molecule has 3 rings (SSSR count). The number of carboxylic acids is 1. The average Bonchev–Trinajstić information content (AvgIpc) is 2.74. The predicted molar refractivity (Wildman–Crippen MR) is 125 cm³/mol. The number of carbonyl (C=O) groups is 3. The molecule has 0 bridgehead atoms. The molecule has 32 heavy (non-hydrogen) atoms. The van der Waals surface area contributed by atoms with Crippen molar-refractivity contribution in [2.75, 3.05) is 41.7 Å². The number of aryl methyl sites for hydroxylation is 1. The van der Waals surface area contributed by atoms with E-state index in [1.165, 1.54) is 6.92 Å². The molecule has 0 spiro atoms. The normalized spacial score (nSPS) is 14.6. The summed E-state index contributed by atoms with van der Waals surface area (Å²) in [7, 11) is 0. The van der Waals surface area contributed by atoms with Crippen LogP contribution in [0.3, 0.4) is 0 Å². The Morgan fingerprint density at radius 3 is 2.44 bits per heavy atom. The summed E-state index contributed by atoms with van der Waals surface area (Å²) in [5.41, 5.74) is 3.02. The van der Waals surface area contributed by atoms with E-state index in [-0.39, 0.29) is 18.5 Å². The van der Waals surface area contributed by atoms with E-state index in [0.29, 0.717) is 31.2 Å². The second-order valence-electron chi connectivity index (χ2n) is 8.19. The summed E-state index contributed by atoms with van der Waals surface area (Å²) in [5.74, 6) is -0.589. The highest BCUT2D eigenvalue weighted by molar-refractivity contribution is 6.01. The number of benzene rings is 2. The first-order valence-corrected chi connectivity index (χ1v) is 10.8. The Morgan fingerprint density at radius 1 is 1.06 bits per heavy atom. The number of likely N-dealkylation sites (tertiary alicyclic amines) is 1. The fourth-order valence-electron chi connectivity index (χ4n) is 3.94. The van der Waals surface area contributed by atoms with Crippen molar-refractivity contribution in [3.05, 3.63) is 54.1 Å². The number of nitrogens with zero attached hydrogens (tertiary/aromatic N) is 2. The molecule has 0 saturated carbocycles. The lowest BCUT2D eigenvalue weighted by Gasteiger charge is -2.34. The molecule has 0 unspecified atom stereocenters. The van der Waals surface area contributed by atoms with Gasteiger partial charge in [0.05, 0.1) is 6.54 Å². The molecule has 8 heteroatoms. The second kappa shape index (κ2) is 10.8. The van der Waals surface area contributed by atoms with Gasteiger partial charge < -0.3 is 20.6 Å². The van der Waals surface area contributed by atoms with Crippen molar-refractivity contribution in [3.8, 4) is 0 Å². The van der Waals surface area contributed by atoms with Crippen molar-refractivity contribution in [1.29, 1.82) is 0 Å². The third kappa shape index (κ3) is 6.55. The number of hydrogen-bond acceptors (Lipinski definition) is 4. The van der Waals surface area contributed by atoms with E-state index in [9.17, 15) is 14.4 Å². The molecule has 3 N–H and O–H groups in total. The molecule has 0 atom stereocenters. The van der Waals surface area contributed by atoms with Gasteiger partial charge in [-0.15, -0.1) is 0 Å². The quantitative estimate of drug-likeness (QED) is 0.611. The molecule has 170 valence electrons. The van der Waals surface area contributed by atoms with Crippen LogP contribution in [0, 0.1) is 12.8 Å². The minimum absolute atomic E-state index is 0.0570. The van der Waals surface area contributed by atoms with E-state index in [1.54, 1.807) is 17.0 Å². The first kappa shape index (κ1) is 23.3. The molecule has 1 heterocycles. The molecule has 2 aromatic carbocycles. The summed E-state index contributed by atoms with van der Waals surface area (Å²) >= 11 is 0. The third-order valence-electron chi connectivity index (χ3n) is 5.70. The number of urea groups is 1. The molecule has 1 saturated heterocycles. The van der Waals surface area contributed by atoms with Gasteiger partial charge >= 0.3 is 12.0 Å². The summed E-state index contributed by atoms with van der Waals surface area (Å²) in [6.07, 6.45) is 1.68. The number of piperidine rings is 1. The number of rotatable bonds is 7. The monoisotopic (exact) mass is 438 g/mol. The van der Waals surface area contributed by atoms with Gasteiger partial charge in [0.2, 0.25) is 5.91 Å². The number of carboxylic acid groups (broad SMARTS) is 1. The van der Waals surface area contributed by atoms with Gasteiger partial charge in [-0.05, 0) is 68.6 Å². The van der Waals surface area contributed by atoms with E-state index in [4.69, 9.17) is 5.11 Å². The van der Waals surface area contributed by atoms with Gasteiger partial charge in [0.1, 0.15) is 0 Å². The summed E-state index contributed by atoms with van der Waals surface area (Å²) in [4.78, 5) is 39.4. The van der Waals surface area contributed by atoms with Crippen molar-refractivity contribution in [1.82, 2.24) is 4.90 Å². The summed E-state index contributed by atoms with van der Waals surface area (Å²) in [5, 5.41) is 14.6. The van der Waals surface area contributed by atoms with Gasteiger partial charge in [0, 0.05) is 30.5 Å². The molecule has 1 aliphatic rings. The lowest BCUT2D eigenvalue weighted by atomic mass is 9.96. The van der Waals surface area contributed by atoms with Crippen molar-refractivity contribution in [3.63, 3.8) is 0 Å². The van der Waals surface area contributed by atoms with Crippen LogP contribution in [-0.2, 0) is 9.59 Å². The Bertz CT molecular complexity index is 970. The van der Waals surface area contributed by atoms with Crippen molar-refractivity contribution < 1.29 is 19.5 Å². The van der Waals surface area contributed by atoms with Crippen molar-refractivity contribution in [2.24, 2.45) is 5.92 Å². The fraction of sp³-hybridized carbons (Fsp3) is 0.375. The maximum Gasteiger partial charge on any atom is 0.323 e. The molecule has 0 radical (unpaired) electrons. The zero-order valence-electron chi connectivity index (χ0n) is 18.5. The Balaban J connectivity index is 1.62. The molecular formula is C24H30N4O4. The Hall–Kier alpha value is -3.39. The number of para-hydroxylation sites is 1. The highest BCUT2D eigenvalue weighted by Gasteiger charge is 2.24. The van der Waals surface area contributed by atoms with Gasteiger partial charge in [0.15, 0.2) is 0 Å². The minimum atomic E-state index is -0.815. The molecule has 0 aliphatic carbocycles. The number of aliphatic carboxylic acids is 1. The number of anilines is 3. The molecule has 8 nitrogen and oxygen atoms in total. The van der Waals surface area contributed by atoms with Gasteiger partial charge in [-0.2, -0.15) is 0 Å². The van der Waals surface area contributed by atoms with E-state index in [0.717, 1.165) is 29.8 Å². The maximum atomic E-state index is 12.4. The van der Waals surface area contributed by atoms with Crippen LogP contribution in [0.15, 0.2) is 48.5 Å². The molecule has 0 aromatic heterocycles. The third-order valence-corrected chi connectivity index (χ3v) is 5.70. The average molecular weight is 439 g/mol. The highest BCUT2D eigenvalue weighted by atomic mass is 16.4. The first-order valence-electron chi connectivity index (χ1n) is 10.8. The van der Waals surface area contributed by atoms with Gasteiger partial charge in [-0.3, -0.25) is 14.5 Å². The molecule has 2 aromatic rings. The maximum absolute atomic E-state index is 12.4. The molecular weight excluding hydrogens is 408 g/mol. The van der Waals surface area contributed by atoms with E-state index in [2.05, 4.69) is 10.6 Å². The summed E-state index contributed by atoms with van der Waals surface area (Å²) in [6, 6.07) is 14.4. The van der Waals surface area contributed by atoms with Gasteiger partial charge in [-0.1, -0.05) is 24.3 Å². The van der Waals surface area contributed by atoms with Crippen LogP contribution < -0.4 is 15.5 Å². The topological polar surface area (TPSA) is 102 Å². The molecule has 3 amide bonds. The second-order valence-corrected chi connectivity index (χ2v) is 8.19. The molecule has 1 fully saturated rings. The SMILES string of the molecule is CC(=O)N(CC1CCN(CC(=O)O)CC1)c1cccc(NC(=O)Nc2ccccc2C)c1. The summed E-state index contributed by atoms with van der Waals surface area (Å²) in [6.45, 7) is 5.50. The Kier molecular flexibility index (Phi) is 7.83. The van der Waals surface area contributed by atoms with Gasteiger partial charge in [-0.25, -0.2) is 4.79 Å². The minimum Gasteiger partial charge on any atom is -0.480 e. The van der Waals surface area contributed by atoms with Crippen LogP contribution in [0.5, 0.6) is 0 Å². The smallest absolute Gasteiger partial charge is 0.323 e. The number of nitrogens with one attached hydrogen (secondary N) is 2. The highest BCUT2D eigenvalue weighted by Crippen LogP contribution is 2.25. The number of carbonyl (C=O) groups excluding carboxylic acids is 2. The number of amides is 3. The van der Waals surface area contributed by atoms with Crippen molar-refractivity contribution >= 4 is 35.0 Å². The van der Waals surface area contributed by atoms with E-state index in [1.807, 2.05) is 48.2 Å². The van der Waals surface area contributed by atoms with Crippen LogP contribution in [0.25, 0.3) is 0 Å². The largest absolute Gasteiger partial charge is 0.480 e. The van der Waals surface area contributed by atoms with E-state index >= 15 is 0 Å². The Morgan fingerprint density at radius 2 is 1.78 bits per heavy atom. The first-order chi connectivity index (χ1) is 15.3. The van der Waals surface area contributed by atoms with Crippen LogP contribution in [0.1, 0.15) is 25.3 Å². The van der Waals surface area contributed by atoms with Crippen LogP contribution in [0.2, 0.25) is 0 Å². The van der Waals surface area contributed by atoms with Gasteiger partial charge in [0.25, 0.3) is 0 Å². The molecule has 1 aliphatic heterocycles. The fourth-order valence-corrected chi connectivity index (χ4v) is 3.94. The van der Waals surface area contributed by atoms with Crippen LogP contribution in [0.4, 0.5) is 21.9 Å². The number of hydrogen-bond donors (Lipinski definition) is 3. The summed E-state index contributed by atoms with van der Waals surface area (Å²) < 4.78 is 0. The Labute approximate surface area is 188 Å². The van der Waals surface area contributed by atoms with Crippen LogP contribution in [-0.4, -0.2) is 54.1 Å². The van der Waals surface area contributed by atoms with Crippen LogP contribution >= 0.6 is 0 Å². The predicted octanol–water partition coefficient (Wildman–Crippen LogP) is 3.79. The van der Waals surface area contributed by atoms with E-state index < -0.39 is 5.97 Å². The lowest BCUT2D eigenvalue weighted by Crippen LogP contribution is -2.42.